The highest BCUT2D eigenvalue weighted by Gasteiger charge is 2.28. The fourth-order valence-electron chi connectivity index (χ4n) is 4.43. The zero-order chi connectivity index (χ0) is 26.8. The van der Waals surface area contributed by atoms with Gasteiger partial charge in [-0.15, -0.1) is 0 Å². The second-order valence-corrected chi connectivity index (χ2v) is 11.1. The molecule has 1 aliphatic rings. The first kappa shape index (κ1) is 28.7. The first-order valence-corrected chi connectivity index (χ1v) is 13.8. The van der Waals surface area contributed by atoms with Gasteiger partial charge in [0.1, 0.15) is 6.04 Å². The summed E-state index contributed by atoms with van der Waals surface area (Å²) in [6.45, 7) is 7.86. The minimum absolute atomic E-state index is 0.00984. The Bertz CT molecular complexity index is 1030. The summed E-state index contributed by atoms with van der Waals surface area (Å²) in [5.41, 5.74) is 2.70. The van der Waals surface area contributed by atoms with Crippen molar-refractivity contribution in [3.05, 3.63) is 64.7 Å². The Kier molecular flexibility index (Phi) is 11.0. The van der Waals surface area contributed by atoms with Crippen molar-refractivity contribution in [2.75, 3.05) is 18.4 Å². The number of nitrogens with one attached hydrogen (secondary N) is 2. The molecule has 3 rings (SSSR count). The van der Waals surface area contributed by atoms with E-state index in [1.165, 1.54) is 0 Å². The summed E-state index contributed by atoms with van der Waals surface area (Å²) in [4.78, 5) is 40.2. The molecule has 0 unspecified atom stereocenters. The number of amides is 3. The van der Waals surface area contributed by atoms with Crippen LogP contribution in [0, 0.1) is 11.8 Å². The molecule has 37 heavy (non-hydrogen) atoms. The molecule has 0 spiro atoms. The second-order valence-electron chi connectivity index (χ2n) is 10.6. The van der Waals surface area contributed by atoms with E-state index in [-0.39, 0.29) is 17.7 Å². The van der Waals surface area contributed by atoms with Crippen molar-refractivity contribution in [3.63, 3.8) is 0 Å². The van der Waals surface area contributed by atoms with Crippen molar-refractivity contribution in [1.82, 2.24) is 10.2 Å². The molecule has 2 aromatic rings. The van der Waals surface area contributed by atoms with E-state index in [1.54, 1.807) is 0 Å². The maximum Gasteiger partial charge on any atom is 0.245 e. The predicted molar refractivity (Wildman–Crippen MR) is 150 cm³/mol. The van der Waals surface area contributed by atoms with Crippen LogP contribution in [0.15, 0.2) is 48.5 Å². The first-order valence-electron chi connectivity index (χ1n) is 13.4. The van der Waals surface area contributed by atoms with Crippen molar-refractivity contribution in [1.29, 1.82) is 0 Å². The number of rotatable bonds is 11. The molecule has 1 aliphatic heterocycles. The van der Waals surface area contributed by atoms with Gasteiger partial charge in [-0.1, -0.05) is 56.6 Å². The lowest BCUT2D eigenvalue weighted by Crippen LogP contribution is -2.51. The summed E-state index contributed by atoms with van der Waals surface area (Å²) in [7, 11) is 0. The van der Waals surface area contributed by atoms with Crippen LogP contribution in [-0.2, 0) is 27.2 Å². The molecule has 2 N–H and O–H groups in total. The Morgan fingerprint density at radius 2 is 1.54 bits per heavy atom. The van der Waals surface area contributed by atoms with Crippen LogP contribution in [0.1, 0.15) is 64.0 Å². The van der Waals surface area contributed by atoms with E-state index in [0.29, 0.717) is 48.2 Å². The van der Waals surface area contributed by atoms with Crippen LogP contribution >= 0.6 is 11.6 Å². The summed E-state index contributed by atoms with van der Waals surface area (Å²) in [5, 5.41) is 6.61. The van der Waals surface area contributed by atoms with E-state index in [0.717, 1.165) is 43.5 Å². The molecule has 1 fully saturated rings. The van der Waals surface area contributed by atoms with Crippen LogP contribution < -0.4 is 10.6 Å². The maximum absolute atomic E-state index is 13.3. The van der Waals surface area contributed by atoms with Gasteiger partial charge < -0.3 is 15.5 Å². The topological polar surface area (TPSA) is 78.5 Å². The Morgan fingerprint density at radius 3 is 2.16 bits per heavy atom. The van der Waals surface area contributed by atoms with Crippen molar-refractivity contribution in [2.45, 2.75) is 71.8 Å². The number of aryl methyl sites for hydroxylation is 1. The Labute approximate surface area is 226 Å². The maximum atomic E-state index is 13.3. The van der Waals surface area contributed by atoms with Crippen molar-refractivity contribution >= 4 is 35.0 Å². The Morgan fingerprint density at radius 1 is 0.919 bits per heavy atom. The van der Waals surface area contributed by atoms with Crippen LogP contribution in [0.2, 0.25) is 5.02 Å². The first-order chi connectivity index (χ1) is 17.7. The SMILES string of the molecule is CC(C)CCC(=O)N[C@H](Cc1ccc(NC(=O)CCc2ccc(Cl)cc2)cc1)C(=O)N1CCC(C)CC1. The second kappa shape index (κ2) is 14.2. The number of halogens is 1. The highest BCUT2D eigenvalue weighted by molar-refractivity contribution is 6.30. The molecular weight excluding hydrogens is 486 g/mol. The van der Waals surface area contributed by atoms with Crippen LogP contribution in [0.4, 0.5) is 5.69 Å². The number of nitrogens with zero attached hydrogens (tertiary/aromatic N) is 1. The molecule has 0 radical (unpaired) electrons. The molecule has 0 aromatic heterocycles. The standard InChI is InChI=1S/C30H40ClN3O3/c1-21(2)4-14-29(36)33-27(30(37)34-18-16-22(3)17-19-34)20-24-7-12-26(13-8-24)32-28(35)15-9-23-5-10-25(31)11-6-23/h5-8,10-13,21-22,27H,4,9,14-20H2,1-3H3,(H,32,35)(H,33,36)/t27-/m1/s1. The van der Waals surface area contributed by atoms with Gasteiger partial charge in [-0.2, -0.15) is 0 Å². The zero-order valence-electron chi connectivity index (χ0n) is 22.3. The van der Waals surface area contributed by atoms with Gasteiger partial charge in [-0.25, -0.2) is 0 Å². The molecule has 0 bridgehead atoms. The van der Waals surface area contributed by atoms with Gasteiger partial charge >= 0.3 is 0 Å². The lowest BCUT2D eigenvalue weighted by atomic mass is 9.97. The van der Waals surface area contributed by atoms with E-state index in [4.69, 9.17) is 11.6 Å². The normalized spacial score (nSPS) is 14.9. The number of carbonyl (C=O) groups is 3. The third kappa shape index (κ3) is 9.84. The smallest absolute Gasteiger partial charge is 0.245 e. The monoisotopic (exact) mass is 525 g/mol. The van der Waals surface area contributed by atoms with Gasteiger partial charge in [0.2, 0.25) is 17.7 Å². The zero-order valence-corrected chi connectivity index (χ0v) is 23.0. The number of anilines is 1. The molecule has 7 heteroatoms. The number of carbonyl (C=O) groups excluding carboxylic acids is 3. The number of hydrogen-bond donors (Lipinski definition) is 2. The molecule has 1 atom stereocenters. The number of hydrogen-bond acceptors (Lipinski definition) is 3. The minimum atomic E-state index is -0.590. The van der Waals surface area contributed by atoms with Gasteiger partial charge in [0.15, 0.2) is 0 Å². The summed E-state index contributed by atoms with van der Waals surface area (Å²) < 4.78 is 0. The number of benzene rings is 2. The Hall–Kier alpha value is -2.86. The number of piperidine rings is 1. The van der Waals surface area contributed by atoms with E-state index in [1.807, 2.05) is 53.4 Å². The molecule has 0 saturated carbocycles. The fourth-order valence-corrected chi connectivity index (χ4v) is 4.55. The minimum Gasteiger partial charge on any atom is -0.344 e. The largest absolute Gasteiger partial charge is 0.344 e. The summed E-state index contributed by atoms with van der Waals surface area (Å²) >= 11 is 5.92. The van der Waals surface area contributed by atoms with E-state index < -0.39 is 6.04 Å². The van der Waals surface area contributed by atoms with Gasteiger partial charge in [-0.3, -0.25) is 14.4 Å². The van der Waals surface area contributed by atoms with Gasteiger partial charge in [0, 0.05) is 43.1 Å². The Balaban J connectivity index is 1.58. The molecule has 3 amide bonds. The molecule has 200 valence electrons. The van der Waals surface area contributed by atoms with Crippen molar-refractivity contribution < 1.29 is 14.4 Å². The highest BCUT2D eigenvalue weighted by atomic mass is 35.5. The lowest BCUT2D eigenvalue weighted by molar-refractivity contribution is -0.137. The number of likely N-dealkylation sites (tertiary alicyclic amines) is 1. The van der Waals surface area contributed by atoms with E-state index in [9.17, 15) is 14.4 Å². The third-order valence-corrected chi connectivity index (χ3v) is 7.16. The fraction of sp³-hybridized carbons (Fsp3) is 0.500. The van der Waals surface area contributed by atoms with Crippen LogP contribution in [0.25, 0.3) is 0 Å². The summed E-state index contributed by atoms with van der Waals surface area (Å²) in [5.74, 6) is 0.897. The molecule has 0 aliphatic carbocycles. The average molecular weight is 526 g/mol. The highest BCUT2D eigenvalue weighted by Crippen LogP contribution is 2.19. The molecule has 1 saturated heterocycles. The van der Waals surface area contributed by atoms with E-state index in [2.05, 4.69) is 31.4 Å². The lowest BCUT2D eigenvalue weighted by Gasteiger charge is -2.33. The molecular formula is C30H40ClN3O3. The van der Waals surface area contributed by atoms with Crippen molar-refractivity contribution in [3.8, 4) is 0 Å². The molecule has 1 heterocycles. The van der Waals surface area contributed by atoms with Crippen molar-refractivity contribution in [2.24, 2.45) is 11.8 Å². The summed E-state index contributed by atoms with van der Waals surface area (Å²) in [6.07, 6.45) is 4.62. The van der Waals surface area contributed by atoms with E-state index >= 15 is 0 Å². The van der Waals surface area contributed by atoms with Gasteiger partial charge in [0.05, 0.1) is 0 Å². The third-order valence-electron chi connectivity index (χ3n) is 6.91. The van der Waals surface area contributed by atoms with Gasteiger partial charge in [-0.05, 0) is 72.9 Å². The van der Waals surface area contributed by atoms with Crippen LogP contribution in [-0.4, -0.2) is 41.8 Å². The average Bonchev–Trinajstić information content (AvgIpc) is 2.88. The molecule has 6 nitrogen and oxygen atoms in total. The van der Waals surface area contributed by atoms with Crippen LogP contribution in [0.3, 0.4) is 0 Å². The van der Waals surface area contributed by atoms with Gasteiger partial charge in [0.25, 0.3) is 0 Å². The predicted octanol–water partition coefficient (Wildman–Crippen LogP) is 5.63. The van der Waals surface area contributed by atoms with Crippen LogP contribution in [0.5, 0.6) is 0 Å². The quantitative estimate of drug-likeness (QED) is 0.399. The molecule has 2 aromatic carbocycles. The summed E-state index contributed by atoms with van der Waals surface area (Å²) in [6, 6.07) is 14.4.